The predicted molar refractivity (Wildman–Crippen MR) is 64.9 cm³/mol. The molecule has 0 aromatic carbocycles. The molecule has 2 heterocycles. The van der Waals surface area contributed by atoms with Gasteiger partial charge in [-0.05, 0) is 32.0 Å². The van der Waals surface area contributed by atoms with Crippen LogP contribution in [0.25, 0.3) is 0 Å². The largest absolute Gasteiger partial charge is 0.476 e. The molecule has 2 rings (SSSR count). The molecule has 0 saturated carbocycles. The number of hydrogen-bond donors (Lipinski definition) is 0. The minimum Gasteiger partial charge on any atom is -0.476 e. The van der Waals surface area contributed by atoms with E-state index in [9.17, 15) is 4.39 Å². The highest BCUT2D eigenvalue weighted by Gasteiger charge is 2.12. The summed E-state index contributed by atoms with van der Waals surface area (Å²) < 4.78 is 18.5. The zero-order valence-corrected chi connectivity index (χ0v) is 10.4. The molecule has 0 N–H and O–H groups in total. The van der Waals surface area contributed by atoms with Crippen LogP contribution in [-0.2, 0) is 5.88 Å². The number of alkyl halides is 1. The lowest BCUT2D eigenvalue weighted by Gasteiger charge is -2.15. The summed E-state index contributed by atoms with van der Waals surface area (Å²) in [4.78, 5) is 6.26. The molecule has 1 aliphatic heterocycles. The van der Waals surface area contributed by atoms with Crippen molar-refractivity contribution in [1.29, 1.82) is 0 Å². The smallest absolute Gasteiger partial charge is 0.217 e. The molecule has 0 amide bonds. The van der Waals surface area contributed by atoms with Crippen LogP contribution < -0.4 is 4.74 Å². The van der Waals surface area contributed by atoms with Crippen molar-refractivity contribution < 1.29 is 9.13 Å². The van der Waals surface area contributed by atoms with Crippen molar-refractivity contribution in [3.63, 3.8) is 0 Å². The Labute approximate surface area is 106 Å². The average Bonchev–Trinajstić information content (AvgIpc) is 2.84. The topological polar surface area (TPSA) is 25.4 Å². The van der Waals surface area contributed by atoms with Crippen molar-refractivity contribution in [3.8, 4) is 5.88 Å². The molecule has 17 heavy (non-hydrogen) atoms. The van der Waals surface area contributed by atoms with Crippen molar-refractivity contribution in [3.05, 3.63) is 23.6 Å². The van der Waals surface area contributed by atoms with Gasteiger partial charge >= 0.3 is 0 Å². The lowest BCUT2D eigenvalue weighted by molar-refractivity contribution is 0.230. The summed E-state index contributed by atoms with van der Waals surface area (Å²) in [6.07, 6.45) is 3.69. The Kier molecular flexibility index (Phi) is 4.57. The van der Waals surface area contributed by atoms with E-state index in [1.54, 1.807) is 0 Å². The average molecular weight is 259 g/mol. The summed E-state index contributed by atoms with van der Waals surface area (Å²) in [5, 5.41) is 0. The van der Waals surface area contributed by atoms with Crippen LogP contribution in [0.15, 0.2) is 12.3 Å². The molecule has 5 heteroatoms. The lowest BCUT2D eigenvalue weighted by atomic mass is 10.3. The van der Waals surface area contributed by atoms with Crippen LogP contribution in [0.3, 0.4) is 0 Å². The number of halogens is 2. The number of likely N-dealkylation sites (tertiary alicyclic amines) is 1. The molecule has 94 valence electrons. The third-order valence-corrected chi connectivity index (χ3v) is 3.17. The molecule has 0 atom stereocenters. The minimum atomic E-state index is -0.382. The maximum atomic E-state index is 12.9. The normalized spacial score (nSPS) is 16.4. The molecule has 1 saturated heterocycles. The fourth-order valence-electron chi connectivity index (χ4n) is 1.97. The fraction of sp³-hybridized carbons (Fsp3) is 0.583. The van der Waals surface area contributed by atoms with Crippen LogP contribution >= 0.6 is 11.6 Å². The number of nitrogens with zero attached hydrogens (tertiary/aromatic N) is 2. The monoisotopic (exact) mass is 258 g/mol. The Hall–Kier alpha value is -0.870. The Morgan fingerprint density at radius 1 is 1.41 bits per heavy atom. The first-order valence-corrected chi connectivity index (χ1v) is 6.38. The standard InChI is InChI=1S/C12H16ClFN2O/c13-8-10-7-11(14)9-15-12(10)17-6-5-16-3-1-2-4-16/h7,9H,1-6,8H2. The van der Waals surface area contributed by atoms with Crippen LogP contribution in [0.1, 0.15) is 18.4 Å². The van der Waals surface area contributed by atoms with Crippen LogP contribution in [0.5, 0.6) is 5.88 Å². The van der Waals surface area contributed by atoms with Crippen LogP contribution in [0, 0.1) is 5.82 Å². The van der Waals surface area contributed by atoms with Gasteiger partial charge in [0, 0.05) is 12.1 Å². The van der Waals surface area contributed by atoms with E-state index in [-0.39, 0.29) is 11.7 Å². The molecule has 1 aromatic heterocycles. The number of ether oxygens (including phenoxy) is 1. The lowest BCUT2D eigenvalue weighted by Crippen LogP contribution is -2.25. The highest BCUT2D eigenvalue weighted by Crippen LogP contribution is 2.18. The second-order valence-electron chi connectivity index (χ2n) is 4.15. The molecule has 1 fully saturated rings. The van der Waals surface area contributed by atoms with Crippen molar-refractivity contribution in [1.82, 2.24) is 9.88 Å². The SMILES string of the molecule is Fc1cnc(OCCN2CCCC2)c(CCl)c1. The van der Waals surface area contributed by atoms with Gasteiger partial charge in [0.1, 0.15) is 12.4 Å². The quantitative estimate of drug-likeness (QED) is 0.759. The number of rotatable bonds is 5. The van der Waals surface area contributed by atoms with Crippen molar-refractivity contribution >= 4 is 11.6 Å². The zero-order valence-electron chi connectivity index (χ0n) is 9.66. The Morgan fingerprint density at radius 2 is 2.18 bits per heavy atom. The highest BCUT2D eigenvalue weighted by molar-refractivity contribution is 6.17. The van der Waals surface area contributed by atoms with Crippen molar-refractivity contribution in [2.24, 2.45) is 0 Å². The molecule has 1 aliphatic rings. The van der Waals surface area contributed by atoms with Gasteiger partial charge < -0.3 is 4.74 Å². The van der Waals surface area contributed by atoms with Gasteiger partial charge in [0.05, 0.1) is 12.1 Å². The molecule has 0 aliphatic carbocycles. The van der Waals surface area contributed by atoms with E-state index in [4.69, 9.17) is 16.3 Å². The molecule has 0 unspecified atom stereocenters. The van der Waals surface area contributed by atoms with Crippen molar-refractivity contribution in [2.75, 3.05) is 26.2 Å². The van der Waals surface area contributed by atoms with Crippen molar-refractivity contribution in [2.45, 2.75) is 18.7 Å². The second kappa shape index (κ2) is 6.17. The molecule has 0 radical (unpaired) electrons. The minimum absolute atomic E-state index is 0.212. The fourth-order valence-corrected chi connectivity index (χ4v) is 2.16. The summed E-state index contributed by atoms with van der Waals surface area (Å²) >= 11 is 5.71. The third-order valence-electron chi connectivity index (χ3n) is 2.88. The number of aromatic nitrogens is 1. The summed E-state index contributed by atoms with van der Waals surface area (Å²) in [5.41, 5.74) is 0.605. The summed E-state index contributed by atoms with van der Waals surface area (Å²) in [5.74, 6) is 0.275. The molecule has 0 spiro atoms. The first-order chi connectivity index (χ1) is 8.29. The van der Waals surface area contributed by atoms with Gasteiger partial charge in [-0.25, -0.2) is 9.37 Å². The second-order valence-corrected chi connectivity index (χ2v) is 4.42. The highest BCUT2D eigenvalue weighted by atomic mass is 35.5. The third kappa shape index (κ3) is 3.54. The van der Waals surface area contributed by atoms with Gasteiger partial charge in [0.15, 0.2) is 0 Å². The Bertz CT molecular complexity index is 370. The molecule has 3 nitrogen and oxygen atoms in total. The first kappa shape index (κ1) is 12.6. The first-order valence-electron chi connectivity index (χ1n) is 5.85. The summed E-state index contributed by atoms with van der Waals surface area (Å²) in [7, 11) is 0. The van der Waals surface area contributed by atoms with E-state index in [2.05, 4.69) is 9.88 Å². The van der Waals surface area contributed by atoms with E-state index >= 15 is 0 Å². The Morgan fingerprint density at radius 3 is 2.88 bits per heavy atom. The molecular weight excluding hydrogens is 243 g/mol. The van der Waals surface area contributed by atoms with Crippen LogP contribution in [0.2, 0.25) is 0 Å². The molecule has 0 bridgehead atoms. The maximum Gasteiger partial charge on any atom is 0.217 e. The van der Waals surface area contributed by atoms with E-state index < -0.39 is 0 Å². The predicted octanol–water partition coefficient (Wildman–Crippen LogP) is 2.43. The van der Waals surface area contributed by atoms with E-state index in [1.165, 1.54) is 18.9 Å². The Balaban J connectivity index is 1.85. The maximum absolute atomic E-state index is 12.9. The van der Waals surface area contributed by atoms with Gasteiger partial charge in [-0.1, -0.05) is 0 Å². The van der Waals surface area contributed by atoms with Crippen LogP contribution in [0.4, 0.5) is 4.39 Å². The van der Waals surface area contributed by atoms with Gasteiger partial charge in [-0.3, -0.25) is 4.90 Å². The summed E-state index contributed by atoms with van der Waals surface area (Å²) in [6.45, 7) is 3.74. The van der Waals surface area contributed by atoms with Gasteiger partial charge in [0.2, 0.25) is 5.88 Å². The zero-order chi connectivity index (χ0) is 12.1. The van der Waals surface area contributed by atoms with E-state index in [0.29, 0.717) is 18.1 Å². The number of pyridine rings is 1. The molecule has 1 aromatic rings. The number of hydrogen-bond acceptors (Lipinski definition) is 3. The van der Waals surface area contributed by atoms with E-state index in [0.717, 1.165) is 25.8 Å². The van der Waals surface area contributed by atoms with Crippen LogP contribution in [-0.4, -0.2) is 36.1 Å². The van der Waals surface area contributed by atoms with Gasteiger partial charge in [-0.15, -0.1) is 11.6 Å². The summed E-state index contributed by atoms with van der Waals surface area (Å²) in [6, 6.07) is 1.37. The van der Waals surface area contributed by atoms with Gasteiger partial charge in [0.25, 0.3) is 0 Å². The van der Waals surface area contributed by atoms with Gasteiger partial charge in [-0.2, -0.15) is 0 Å². The molecular formula is C12H16ClFN2O. The van der Waals surface area contributed by atoms with E-state index in [1.807, 2.05) is 0 Å².